The fourth-order valence-corrected chi connectivity index (χ4v) is 5.18. The van der Waals surface area contributed by atoms with Gasteiger partial charge in [0.05, 0.1) is 6.54 Å². The Morgan fingerprint density at radius 1 is 1.13 bits per heavy atom. The van der Waals surface area contributed by atoms with Crippen molar-refractivity contribution in [3.63, 3.8) is 0 Å². The number of hydrogen-bond acceptors (Lipinski definition) is 4. The zero-order valence-electron chi connectivity index (χ0n) is 16.9. The molecule has 3 heterocycles. The van der Waals surface area contributed by atoms with Gasteiger partial charge in [-0.1, -0.05) is 24.3 Å². The molecule has 0 aliphatic carbocycles. The largest absolute Gasteiger partial charge is 0.347 e. The Bertz CT molecular complexity index is 1110. The Balaban J connectivity index is 1.39. The first-order valence-corrected chi connectivity index (χ1v) is 11.4. The van der Waals surface area contributed by atoms with Gasteiger partial charge in [-0.15, -0.1) is 0 Å². The molecule has 1 aliphatic rings. The summed E-state index contributed by atoms with van der Waals surface area (Å²) in [7, 11) is -1.86. The first-order valence-electron chi connectivity index (χ1n) is 9.93. The number of nitrogens with zero attached hydrogens (tertiary/aromatic N) is 4. The summed E-state index contributed by atoms with van der Waals surface area (Å²) in [5.41, 5.74) is 2.41. The van der Waals surface area contributed by atoms with Gasteiger partial charge in [-0.05, 0) is 36.1 Å². The first-order chi connectivity index (χ1) is 14.4. The third-order valence-corrected chi connectivity index (χ3v) is 7.16. The minimum atomic E-state index is -3.54. The number of carbonyl (C=O) groups is 1. The van der Waals surface area contributed by atoms with Gasteiger partial charge in [0.2, 0.25) is 10.0 Å². The molecule has 1 aromatic carbocycles. The topological polar surface area (TPSA) is 89.2 Å². The minimum absolute atomic E-state index is 0.167. The van der Waals surface area contributed by atoms with Gasteiger partial charge in [0.15, 0.2) is 0 Å². The molecule has 1 N–H and O–H groups in total. The van der Waals surface area contributed by atoms with Gasteiger partial charge in [0, 0.05) is 45.3 Å². The van der Waals surface area contributed by atoms with E-state index >= 15 is 0 Å². The van der Waals surface area contributed by atoms with Crippen LogP contribution in [0.25, 0.3) is 0 Å². The van der Waals surface area contributed by atoms with Crippen molar-refractivity contribution < 1.29 is 13.2 Å². The summed E-state index contributed by atoms with van der Waals surface area (Å²) in [6.07, 6.45) is 6.91. The van der Waals surface area contributed by atoms with E-state index < -0.39 is 10.0 Å². The summed E-state index contributed by atoms with van der Waals surface area (Å²) in [6, 6.07) is 11.3. The van der Waals surface area contributed by atoms with Crippen LogP contribution in [0.15, 0.2) is 59.9 Å². The van der Waals surface area contributed by atoms with Crippen molar-refractivity contribution in [3.05, 3.63) is 71.8 Å². The summed E-state index contributed by atoms with van der Waals surface area (Å²) in [4.78, 5) is 12.8. The van der Waals surface area contributed by atoms with Gasteiger partial charge in [0.25, 0.3) is 5.91 Å². The Hall–Kier alpha value is -2.91. The monoisotopic (exact) mass is 427 g/mol. The van der Waals surface area contributed by atoms with Gasteiger partial charge < -0.3 is 9.88 Å². The molecule has 1 amide bonds. The lowest BCUT2D eigenvalue weighted by Crippen LogP contribution is -2.27. The maximum Gasteiger partial charge on any atom is 0.268 e. The van der Waals surface area contributed by atoms with Gasteiger partial charge in [-0.2, -0.15) is 9.40 Å². The molecule has 158 valence electrons. The average Bonchev–Trinajstić information content (AvgIpc) is 3.49. The lowest BCUT2D eigenvalue weighted by Gasteiger charge is -2.13. The van der Waals surface area contributed by atoms with Gasteiger partial charge in [-0.25, -0.2) is 8.42 Å². The van der Waals surface area contributed by atoms with Crippen molar-refractivity contribution in [1.29, 1.82) is 0 Å². The van der Waals surface area contributed by atoms with Crippen LogP contribution < -0.4 is 5.32 Å². The van der Waals surface area contributed by atoms with E-state index in [-0.39, 0.29) is 10.8 Å². The van der Waals surface area contributed by atoms with Gasteiger partial charge >= 0.3 is 0 Å². The predicted molar refractivity (Wildman–Crippen MR) is 112 cm³/mol. The molecular weight excluding hydrogens is 402 g/mol. The average molecular weight is 428 g/mol. The molecular formula is C21H25N5O3S. The number of sulfonamides is 1. The Kier molecular flexibility index (Phi) is 5.74. The zero-order chi connectivity index (χ0) is 21.1. The predicted octanol–water partition coefficient (Wildman–Crippen LogP) is 1.98. The van der Waals surface area contributed by atoms with E-state index in [1.165, 1.54) is 16.6 Å². The van der Waals surface area contributed by atoms with Crippen molar-refractivity contribution >= 4 is 15.9 Å². The van der Waals surface area contributed by atoms with Gasteiger partial charge in [-0.3, -0.25) is 9.48 Å². The van der Waals surface area contributed by atoms with Crippen LogP contribution in [0.4, 0.5) is 0 Å². The number of carbonyl (C=O) groups excluding carboxylic acids is 1. The molecule has 0 bridgehead atoms. The molecule has 1 saturated heterocycles. The molecule has 0 atom stereocenters. The lowest BCUT2D eigenvalue weighted by molar-refractivity contribution is 0.0942. The molecule has 0 saturated carbocycles. The first kappa shape index (κ1) is 20.4. The summed E-state index contributed by atoms with van der Waals surface area (Å²) in [5.74, 6) is -0.305. The molecule has 8 nitrogen and oxygen atoms in total. The molecule has 4 rings (SSSR count). The van der Waals surface area contributed by atoms with E-state index in [9.17, 15) is 13.2 Å². The molecule has 0 radical (unpaired) electrons. The summed E-state index contributed by atoms with van der Waals surface area (Å²) < 4.78 is 30.3. The molecule has 30 heavy (non-hydrogen) atoms. The van der Waals surface area contributed by atoms with E-state index in [1.807, 2.05) is 41.2 Å². The fraction of sp³-hybridized carbons (Fsp3) is 0.333. The van der Waals surface area contributed by atoms with E-state index in [0.717, 1.165) is 24.0 Å². The van der Waals surface area contributed by atoms with Crippen LogP contribution in [0.2, 0.25) is 0 Å². The van der Waals surface area contributed by atoms with E-state index in [2.05, 4.69) is 10.4 Å². The van der Waals surface area contributed by atoms with E-state index in [4.69, 9.17) is 0 Å². The van der Waals surface area contributed by atoms with Crippen molar-refractivity contribution in [1.82, 2.24) is 24.0 Å². The molecule has 2 aromatic heterocycles. The molecule has 3 aromatic rings. The number of benzene rings is 1. The molecule has 1 aliphatic heterocycles. The van der Waals surface area contributed by atoms with Crippen LogP contribution in [0.3, 0.4) is 0 Å². The van der Waals surface area contributed by atoms with Crippen LogP contribution in [-0.2, 0) is 30.2 Å². The van der Waals surface area contributed by atoms with Crippen molar-refractivity contribution in [2.75, 3.05) is 13.1 Å². The molecule has 0 unspecified atom stereocenters. The van der Waals surface area contributed by atoms with Crippen LogP contribution in [0, 0.1) is 0 Å². The Labute approximate surface area is 176 Å². The van der Waals surface area contributed by atoms with Crippen LogP contribution in [0.5, 0.6) is 0 Å². The lowest BCUT2D eigenvalue weighted by atomic mass is 10.1. The van der Waals surface area contributed by atoms with Crippen molar-refractivity contribution in [2.24, 2.45) is 7.05 Å². The number of hydrogen-bond donors (Lipinski definition) is 1. The van der Waals surface area contributed by atoms with Crippen LogP contribution in [-0.4, -0.2) is 46.1 Å². The highest BCUT2D eigenvalue weighted by Gasteiger charge is 2.29. The zero-order valence-corrected chi connectivity index (χ0v) is 17.7. The highest BCUT2D eigenvalue weighted by Crippen LogP contribution is 2.22. The fourth-order valence-electron chi connectivity index (χ4n) is 3.60. The van der Waals surface area contributed by atoms with Crippen molar-refractivity contribution in [3.8, 4) is 0 Å². The minimum Gasteiger partial charge on any atom is -0.347 e. The Morgan fingerprint density at radius 2 is 1.83 bits per heavy atom. The van der Waals surface area contributed by atoms with Crippen molar-refractivity contribution in [2.45, 2.75) is 30.8 Å². The maximum atomic E-state index is 12.7. The summed E-state index contributed by atoms with van der Waals surface area (Å²) in [6.45, 7) is 2.13. The number of aryl methyl sites for hydroxylation is 1. The number of nitrogens with one attached hydrogen (secondary N) is 1. The smallest absolute Gasteiger partial charge is 0.268 e. The number of aromatic nitrogens is 3. The summed E-state index contributed by atoms with van der Waals surface area (Å²) >= 11 is 0. The van der Waals surface area contributed by atoms with E-state index in [0.29, 0.717) is 31.9 Å². The van der Waals surface area contributed by atoms with Gasteiger partial charge in [0.1, 0.15) is 10.6 Å². The summed E-state index contributed by atoms with van der Waals surface area (Å²) in [5, 5.41) is 7.06. The molecule has 9 heteroatoms. The van der Waals surface area contributed by atoms with Crippen LogP contribution in [0.1, 0.15) is 34.5 Å². The highest BCUT2D eigenvalue weighted by molar-refractivity contribution is 7.89. The second kappa shape index (κ2) is 8.45. The quantitative estimate of drug-likeness (QED) is 0.624. The maximum absolute atomic E-state index is 12.7. The second-order valence-corrected chi connectivity index (χ2v) is 9.42. The Morgan fingerprint density at radius 3 is 2.50 bits per heavy atom. The highest BCUT2D eigenvalue weighted by atomic mass is 32.2. The number of rotatable bonds is 7. The SMILES string of the molecule is Cn1cc(S(=O)(=O)N2CCCC2)cc1C(=O)NCc1ccc(Cn2cccn2)cc1. The second-order valence-electron chi connectivity index (χ2n) is 7.49. The molecule has 0 spiro atoms. The standard InChI is InChI=1S/C21H25N5O3S/c1-24-16-19(30(28,29)26-11-2-3-12-26)13-20(24)21(27)22-14-17-5-7-18(8-6-17)15-25-10-4-9-23-25/h4-10,13,16H,2-3,11-12,14-15H2,1H3,(H,22,27). The number of amides is 1. The third kappa shape index (κ3) is 4.31. The molecule has 1 fully saturated rings. The van der Waals surface area contributed by atoms with Crippen LogP contribution >= 0.6 is 0 Å². The third-order valence-electron chi connectivity index (χ3n) is 5.30. The van der Waals surface area contributed by atoms with E-state index in [1.54, 1.807) is 17.8 Å². The normalized spacial score (nSPS) is 14.8.